The van der Waals surface area contributed by atoms with Gasteiger partial charge in [-0.2, -0.15) is 5.26 Å². The fourth-order valence-electron chi connectivity index (χ4n) is 1.55. The van der Waals surface area contributed by atoms with Crippen molar-refractivity contribution in [2.24, 2.45) is 0 Å². The van der Waals surface area contributed by atoms with Crippen LogP contribution < -0.4 is 5.32 Å². The molecule has 0 fully saturated rings. The Balaban J connectivity index is 2.24. The van der Waals surface area contributed by atoms with Crippen molar-refractivity contribution in [1.29, 1.82) is 5.26 Å². The number of amides is 1. The van der Waals surface area contributed by atoms with Crippen molar-refractivity contribution in [3.63, 3.8) is 0 Å². The standard InChI is InChI=1S/C14H8FN3O3/c15-9-6-8(7-16)4-5-10(9)18-13(19)11-2-1-3-12(17-11)14(20)21/h1-6H,(H,18,19)(H,20,21). The highest BCUT2D eigenvalue weighted by atomic mass is 19.1. The van der Waals surface area contributed by atoms with Gasteiger partial charge in [-0.25, -0.2) is 14.2 Å². The minimum Gasteiger partial charge on any atom is -0.477 e. The molecule has 0 aliphatic heterocycles. The number of halogens is 1. The second-order valence-electron chi connectivity index (χ2n) is 3.97. The lowest BCUT2D eigenvalue weighted by Crippen LogP contribution is -2.16. The summed E-state index contributed by atoms with van der Waals surface area (Å²) in [6.45, 7) is 0. The van der Waals surface area contributed by atoms with Gasteiger partial charge in [0.15, 0.2) is 0 Å². The first-order valence-corrected chi connectivity index (χ1v) is 5.72. The number of carbonyl (C=O) groups is 2. The molecular weight excluding hydrogens is 277 g/mol. The third-order valence-electron chi connectivity index (χ3n) is 2.55. The van der Waals surface area contributed by atoms with E-state index in [-0.39, 0.29) is 22.6 Å². The van der Waals surface area contributed by atoms with E-state index in [4.69, 9.17) is 10.4 Å². The lowest BCUT2D eigenvalue weighted by atomic mass is 10.2. The zero-order chi connectivity index (χ0) is 15.4. The Hall–Kier alpha value is -3.27. The maximum Gasteiger partial charge on any atom is 0.354 e. The number of nitriles is 1. The summed E-state index contributed by atoms with van der Waals surface area (Å²) >= 11 is 0. The first-order valence-electron chi connectivity index (χ1n) is 5.72. The quantitative estimate of drug-likeness (QED) is 0.898. The van der Waals surface area contributed by atoms with E-state index in [2.05, 4.69) is 10.3 Å². The number of rotatable bonds is 3. The van der Waals surface area contributed by atoms with Gasteiger partial charge in [-0.1, -0.05) is 6.07 Å². The molecule has 0 saturated carbocycles. The van der Waals surface area contributed by atoms with Crippen molar-refractivity contribution < 1.29 is 19.1 Å². The van der Waals surface area contributed by atoms with Crippen LogP contribution in [0.1, 0.15) is 26.5 Å². The number of nitrogens with one attached hydrogen (secondary N) is 1. The van der Waals surface area contributed by atoms with Gasteiger partial charge in [0, 0.05) is 0 Å². The van der Waals surface area contributed by atoms with Crippen molar-refractivity contribution in [2.45, 2.75) is 0 Å². The van der Waals surface area contributed by atoms with Crippen LogP contribution in [0.15, 0.2) is 36.4 Å². The summed E-state index contributed by atoms with van der Waals surface area (Å²) in [7, 11) is 0. The Bertz CT molecular complexity index is 768. The Morgan fingerprint density at radius 3 is 2.57 bits per heavy atom. The Morgan fingerprint density at radius 2 is 1.95 bits per heavy atom. The summed E-state index contributed by atoms with van der Waals surface area (Å²) in [4.78, 5) is 26.3. The minimum atomic E-state index is -1.27. The highest BCUT2D eigenvalue weighted by Gasteiger charge is 2.13. The van der Waals surface area contributed by atoms with E-state index in [1.807, 2.05) is 0 Å². The lowest BCUT2D eigenvalue weighted by molar-refractivity contribution is 0.0690. The number of pyridine rings is 1. The van der Waals surface area contributed by atoms with Crippen LogP contribution in [0.3, 0.4) is 0 Å². The van der Waals surface area contributed by atoms with E-state index in [0.29, 0.717) is 0 Å². The fourth-order valence-corrected chi connectivity index (χ4v) is 1.55. The first kappa shape index (κ1) is 14.1. The number of hydrogen-bond donors (Lipinski definition) is 2. The van der Waals surface area contributed by atoms with Gasteiger partial charge in [-0.3, -0.25) is 4.79 Å². The molecular formula is C14H8FN3O3. The maximum absolute atomic E-state index is 13.6. The molecule has 0 aliphatic carbocycles. The highest BCUT2D eigenvalue weighted by Crippen LogP contribution is 2.16. The van der Waals surface area contributed by atoms with E-state index in [1.54, 1.807) is 6.07 Å². The van der Waals surface area contributed by atoms with Crippen LogP contribution in [0.2, 0.25) is 0 Å². The molecule has 2 rings (SSSR count). The Kier molecular flexibility index (Phi) is 3.90. The van der Waals surface area contributed by atoms with Gasteiger partial charge >= 0.3 is 5.97 Å². The summed E-state index contributed by atoms with van der Waals surface area (Å²) in [5.74, 6) is -2.78. The van der Waals surface area contributed by atoms with Gasteiger partial charge in [0.1, 0.15) is 17.2 Å². The number of anilines is 1. The Morgan fingerprint density at radius 1 is 1.24 bits per heavy atom. The van der Waals surface area contributed by atoms with Crippen LogP contribution in [-0.4, -0.2) is 22.0 Å². The van der Waals surface area contributed by atoms with Crippen molar-refractivity contribution in [3.05, 3.63) is 59.2 Å². The molecule has 0 atom stereocenters. The molecule has 21 heavy (non-hydrogen) atoms. The molecule has 0 spiro atoms. The summed E-state index contributed by atoms with van der Waals surface area (Å²) in [6.07, 6.45) is 0. The Labute approximate surface area is 118 Å². The topological polar surface area (TPSA) is 103 Å². The monoisotopic (exact) mass is 285 g/mol. The van der Waals surface area contributed by atoms with Crippen molar-refractivity contribution in [2.75, 3.05) is 5.32 Å². The van der Waals surface area contributed by atoms with Crippen LogP contribution in [0.5, 0.6) is 0 Å². The second kappa shape index (κ2) is 5.79. The number of nitrogens with zero attached hydrogens (tertiary/aromatic N) is 2. The number of aromatic carboxylic acids is 1. The molecule has 6 nitrogen and oxygen atoms in total. The third kappa shape index (κ3) is 3.19. The average molecular weight is 285 g/mol. The van der Waals surface area contributed by atoms with Crippen molar-refractivity contribution >= 4 is 17.6 Å². The second-order valence-corrected chi connectivity index (χ2v) is 3.97. The number of aromatic nitrogens is 1. The largest absolute Gasteiger partial charge is 0.477 e. The molecule has 1 aromatic heterocycles. The maximum atomic E-state index is 13.6. The highest BCUT2D eigenvalue weighted by molar-refractivity contribution is 6.03. The molecule has 0 bridgehead atoms. The van der Waals surface area contributed by atoms with E-state index in [1.165, 1.54) is 30.3 Å². The van der Waals surface area contributed by atoms with Crippen LogP contribution in [0, 0.1) is 17.1 Å². The van der Waals surface area contributed by atoms with Gasteiger partial charge in [0.05, 0.1) is 17.3 Å². The van der Waals surface area contributed by atoms with Crippen LogP contribution in [0.4, 0.5) is 10.1 Å². The SMILES string of the molecule is N#Cc1ccc(NC(=O)c2cccc(C(=O)O)n2)c(F)c1. The molecule has 7 heteroatoms. The number of carboxylic acid groups (broad SMARTS) is 1. The summed E-state index contributed by atoms with van der Waals surface area (Å²) < 4.78 is 13.6. The molecule has 2 N–H and O–H groups in total. The minimum absolute atomic E-state index is 0.122. The first-order chi connectivity index (χ1) is 10.0. The normalized spacial score (nSPS) is 9.71. The molecule has 1 aromatic carbocycles. The molecule has 0 aliphatic rings. The number of hydrogen-bond acceptors (Lipinski definition) is 4. The van der Waals surface area contributed by atoms with Crippen LogP contribution in [-0.2, 0) is 0 Å². The lowest BCUT2D eigenvalue weighted by Gasteiger charge is -2.06. The van der Waals surface area contributed by atoms with E-state index < -0.39 is 17.7 Å². The zero-order valence-corrected chi connectivity index (χ0v) is 10.5. The van der Waals surface area contributed by atoms with Gasteiger partial charge in [-0.05, 0) is 30.3 Å². The van der Waals surface area contributed by atoms with Crippen molar-refractivity contribution in [1.82, 2.24) is 4.98 Å². The zero-order valence-electron chi connectivity index (χ0n) is 10.5. The smallest absolute Gasteiger partial charge is 0.354 e. The van der Waals surface area contributed by atoms with Gasteiger partial charge in [0.2, 0.25) is 0 Å². The summed E-state index contributed by atoms with van der Waals surface area (Å²) in [6, 6.07) is 9.25. The molecule has 2 aromatic rings. The van der Waals surface area contributed by atoms with E-state index in [9.17, 15) is 14.0 Å². The van der Waals surface area contributed by atoms with Crippen LogP contribution in [0.25, 0.3) is 0 Å². The summed E-state index contributed by atoms with van der Waals surface area (Å²) in [5, 5.41) is 19.7. The fraction of sp³-hybridized carbons (Fsp3) is 0. The average Bonchev–Trinajstić information content (AvgIpc) is 2.49. The van der Waals surface area contributed by atoms with Crippen molar-refractivity contribution in [3.8, 4) is 6.07 Å². The number of carboxylic acids is 1. The van der Waals surface area contributed by atoms with Gasteiger partial charge < -0.3 is 10.4 Å². The number of carbonyl (C=O) groups excluding carboxylic acids is 1. The molecule has 0 saturated heterocycles. The van der Waals surface area contributed by atoms with Crippen LogP contribution >= 0.6 is 0 Å². The van der Waals surface area contributed by atoms with E-state index in [0.717, 1.165) is 6.07 Å². The third-order valence-corrected chi connectivity index (χ3v) is 2.55. The van der Waals surface area contributed by atoms with Gasteiger partial charge in [-0.15, -0.1) is 0 Å². The molecule has 0 unspecified atom stereocenters. The van der Waals surface area contributed by atoms with E-state index >= 15 is 0 Å². The predicted octanol–water partition coefficient (Wildman–Crippen LogP) is 2.04. The summed E-state index contributed by atoms with van der Waals surface area (Å²) in [5.41, 5.74) is -0.445. The molecule has 0 radical (unpaired) electrons. The van der Waals surface area contributed by atoms with Gasteiger partial charge in [0.25, 0.3) is 5.91 Å². The predicted molar refractivity (Wildman–Crippen MR) is 70.3 cm³/mol. The number of benzene rings is 1. The molecule has 1 heterocycles. The molecule has 1 amide bonds. The molecule has 104 valence electrons.